The van der Waals surface area contributed by atoms with Crippen molar-refractivity contribution in [1.29, 1.82) is 0 Å². The zero-order valence-electron chi connectivity index (χ0n) is 30.3. The lowest BCUT2D eigenvalue weighted by molar-refractivity contribution is -0.498. The molecule has 12 aliphatic rings. The number of hydrogen-bond donors (Lipinski definition) is 0. The van der Waals surface area contributed by atoms with E-state index in [-0.39, 0.29) is 30.8 Å². The van der Waals surface area contributed by atoms with Gasteiger partial charge in [0.25, 0.3) is 0 Å². The highest BCUT2D eigenvalue weighted by molar-refractivity contribution is 7.60. The quantitative estimate of drug-likeness (QED) is 0.210. The first-order valence-corrected chi connectivity index (χ1v) is 25.7. The minimum absolute atomic E-state index is 0.154. The number of hydrogen-bond acceptors (Lipinski definition) is 3. The van der Waals surface area contributed by atoms with E-state index < -0.39 is 13.9 Å². The van der Waals surface area contributed by atoms with Gasteiger partial charge in [0.1, 0.15) is 0 Å². The summed E-state index contributed by atoms with van der Waals surface area (Å²) in [5.74, 6) is 5.59. The molecule has 4 saturated heterocycles. The summed E-state index contributed by atoms with van der Waals surface area (Å²) in [6.45, 7) is 14.7. The Morgan fingerprint density at radius 1 is 0.723 bits per heavy atom. The van der Waals surface area contributed by atoms with Gasteiger partial charge in [-0.1, -0.05) is 50.9 Å². The van der Waals surface area contributed by atoms with Gasteiger partial charge in [-0.05, 0) is 167 Å². The van der Waals surface area contributed by atoms with Gasteiger partial charge in [0.05, 0.1) is 24.7 Å². The molecule has 12 bridgehead atoms. The lowest BCUT2D eigenvalue weighted by Gasteiger charge is -2.72. The highest BCUT2D eigenvalue weighted by atomic mass is 31.1. The van der Waals surface area contributed by atoms with Crippen LogP contribution in [0.5, 0.6) is 0 Å². The molecular weight excluding hydrogens is 630 g/mol. The fraction of sp³-hybridized carbons (Fsp3) is 0.854. The fourth-order valence-electron chi connectivity index (χ4n) is 15.9. The van der Waals surface area contributed by atoms with Crippen molar-refractivity contribution < 1.29 is 14.2 Å². The average Bonchev–Trinajstić information content (AvgIpc) is 2.92. The van der Waals surface area contributed by atoms with Crippen molar-refractivity contribution in [3.8, 4) is 0 Å². The molecule has 0 spiro atoms. The molecule has 6 heteroatoms. The molecule has 258 valence electrons. The third kappa shape index (κ3) is 4.40. The van der Waals surface area contributed by atoms with Crippen LogP contribution < -0.4 is 5.19 Å². The molecule has 0 N–H and O–H groups in total. The molecule has 1 aromatic carbocycles. The standard InChI is InChI=1S/C41H62O3P2Si/c1-36-22-35-42-37(2,24-38(3,43-35)44-36)41(36,25-45)34-8-7-33(47(4,5)6)15-32(34)23-46(39-16-26-9-27(17-39)11-28(10-26)18-39)40-19-29-12-30(20-40)14-31(13-29)21-40/h7-8,15,26-31,35H,9-14,16-25,45H2,1-6H3. The van der Waals surface area contributed by atoms with Gasteiger partial charge >= 0.3 is 0 Å². The van der Waals surface area contributed by atoms with Crippen LogP contribution in [0.1, 0.15) is 122 Å². The van der Waals surface area contributed by atoms with E-state index in [0.29, 0.717) is 10.3 Å². The molecule has 13 rings (SSSR count). The Morgan fingerprint density at radius 3 is 1.66 bits per heavy atom. The molecule has 4 heterocycles. The molecule has 12 fully saturated rings. The van der Waals surface area contributed by atoms with E-state index >= 15 is 0 Å². The van der Waals surface area contributed by atoms with Crippen LogP contribution in [-0.2, 0) is 25.8 Å². The van der Waals surface area contributed by atoms with E-state index in [1.165, 1.54) is 6.16 Å². The normalized spacial score (nSPS) is 54.1. The topological polar surface area (TPSA) is 27.7 Å². The molecule has 3 nitrogen and oxygen atoms in total. The minimum atomic E-state index is -1.53. The second-order valence-electron chi connectivity index (χ2n) is 20.8. The Hall–Kier alpha value is 0.177. The van der Waals surface area contributed by atoms with Gasteiger partial charge in [0, 0.05) is 12.8 Å². The monoisotopic (exact) mass is 692 g/mol. The highest BCUT2D eigenvalue weighted by Gasteiger charge is 2.75. The summed E-state index contributed by atoms with van der Waals surface area (Å²) in [5.41, 5.74) is 2.44. The van der Waals surface area contributed by atoms with Crippen molar-refractivity contribution in [2.24, 2.45) is 35.5 Å². The van der Waals surface area contributed by atoms with Crippen LogP contribution in [0.4, 0.5) is 0 Å². The summed E-state index contributed by atoms with van der Waals surface area (Å²) in [7, 11) is 1.56. The maximum absolute atomic E-state index is 7.18. The minimum Gasteiger partial charge on any atom is -0.345 e. The Morgan fingerprint density at radius 2 is 1.23 bits per heavy atom. The second-order valence-corrected chi connectivity index (χ2v) is 29.4. The van der Waals surface area contributed by atoms with Crippen molar-refractivity contribution in [3.05, 3.63) is 29.3 Å². The van der Waals surface area contributed by atoms with Crippen molar-refractivity contribution in [2.45, 2.75) is 175 Å². The van der Waals surface area contributed by atoms with Crippen LogP contribution in [0.15, 0.2) is 18.2 Å². The molecule has 0 aromatic heterocycles. The van der Waals surface area contributed by atoms with Crippen molar-refractivity contribution in [1.82, 2.24) is 0 Å². The van der Waals surface area contributed by atoms with Crippen LogP contribution in [0.3, 0.4) is 0 Å². The number of rotatable bonds is 7. The molecule has 0 amide bonds. The van der Waals surface area contributed by atoms with E-state index in [9.17, 15) is 0 Å². The molecule has 6 atom stereocenters. The molecule has 8 aliphatic carbocycles. The van der Waals surface area contributed by atoms with E-state index in [0.717, 1.165) is 54.5 Å². The van der Waals surface area contributed by atoms with E-state index in [1.54, 1.807) is 93.4 Å². The van der Waals surface area contributed by atoms with Gasteiger partial charge in [-0.3, -0.25) is 0 Å². The average molecular weight is 693 g/mol. The van der Waals surface area contributed by atoms with Crippen LogP contribution in [0.25, 0.3) is 0 Å². The summed E-state index contributed by atoms with van der Waals surface area (Å²) in [6.07, 6.45) is 22.6. The van der Waals surface area contributed by atoms with Crippen LogP contribution in [0, 0.1) is 35.5 Å². The predicted octanol–water partition coefficient (Wildman–Crippen LogP) is 9.69. The highest BCUT2D eigenvalue weighted by Crippen LogP contribution is 2.80. The Labute approximate surface area is 290 Å². The molecule has 47 heavy (non-hydrogen) atoms. The van der Waals surface area contributed by atoms with E-state index in [1.807, 2.05) is 0 Å². The smallest absolute Gasteiger partial charge is 0.172 e. The second kappa shape index (κ2) is 9.98. The maximum Gasteiger partial charge on any atom is 0.172 e. The number of benzene rings is 1. The SMILES string of the molecule is CC12CC3(C)OC(CC(C)(O1)C3(CP)c1ccc([Si](C)(C)C)cc1CP(C13CC4CC(CC(C4)C1)C3)C13CC4CC(CC(C4)C1)C3)O2. The molecule has 6 unspecified atom stereocenters. The molecular formula is C41H62O3P2Si. The van der Waals surface area contributed by atoms with Gasteiger partial charge in [0.15, 0.2) is 12.1 Å². The first-order valence-electron chi connectivity index (χ1n) is 19.8. The zero-order chi connectivity index (χ0) is 32.4. The van der Waals surface area contributed by atoms with Crippen LogP contribution >= 0.6 is 17.2 Å². The third-order valence-electron chi connectivity index (χ3n) is 16.5. The van der Waals surface area contributed by atoms with E-state index in [2.05, 4.69) is 67.9 Å². The maximum atomic E-state index is 7.18. The third-order valence-corrected chi connectivity index (χ3v) is 23.2. The van der Waals surface area contributed by atoms with E-state index in [4.69, 9.17) is 14.2 Å². The summed E-state index contributed by atoms with van der Waals surface area (Å²) in [6, 6.07) is 7.99. The first-order chi connectivity index (χ1) is 22.2. The zero-order valence-corrected chi connectivity index (χ0v) is 33.4. The van der Waals surface area contributed by atoms with Gasteiger partial charge in [-0.25, -0.2) is 0 Å². The first kappa shape index (κ1) is 31.9. The molecule has 8 saturated carbocycles. The Balaban J connectivity index is 1.16. The van der Waals surface area contributed by atoms with Gasteiger partial charge in [-0.15, -0.1) is 9.24 Å². The van der Waals surface area contributed by atoms with Gasteiger partial charge < -0.3 is 14.2 Å². The lowest BCUT2D eigenvalue weighted by Crippen LogP contribution is -2.81. The molecule has 4 aliphatic heterocycles. The molecule has 0 radical (unpaired) electrons. The largest absolute Gasteiger partial charge is 0.345 e. The Kier molecular flexibility index (Phi) is 6.77. The van der Waals surface area contributed by atoms with Crippen LogP contribution in [0.2, 0.25) is 19.6 Å². The van der Waals surface area contributed by atoms with Crippen molar-refractivity contribution in [2.75, 3.05) is 6.16 Å². The number of ether oxygens (including phenoxy) is 3. The van der Waals surface area contributed by atoms with Gasteiger partial charge in [0.2, 0.25) is 0 Å². The predicted molar refractivity (Wildman–Crippen MR) is 200 cm³/mol. The van der Waals surface area contributed by atoms with Crippen LogP contribution in [-0.4, -0.2) is 47.8 Å². The Bertz CT molecular complexity index is 1350. The lowest BCUT2D eigenvalue weighted by atomic mass is 9.52. The summed E-state index contributed by atoms with van der Waals surface area (Å²) in [5, 5.41) is 2.91. The van der Waals surface area contributed by atoms with Gasteiger partial charge in [-0.2, -0.15) is 0 Å². The van der Waals surface area contributed by atoms with Crippen molar-refractivity contribution >= 4 is 30.4 Å². The summed E-state index contributed by atoms with van der Waals surface area (Å²) in [4.78, 5) is 0. The summed E-state index contributed by atoms with van der Waals surface area (Å²) >= 11 is 0. The molecule has 1 aromatic rings. The fourth-order valence-corrected chi connectivity index (χ4v) is 23.3. The van der Waals surface area contributed by atoms with Crippen molar-refractivity contribution in [3.63, 3.8) is 0 Å². The summed E-state index contributed by atoms with van der Waals surface area (Å²) < 4.78 is 20.6.